The lowest BCUT2D eigenvalue weighted by Gasteiger charge is -2.21. The number of ether oxygens (including phenoxy) is 1. The number of carbonyl (C=O) groups excluding carboxylic acids is 1. The van der Waals surface area contributed by atoms with Crippen LogP contribution in [0.5, 0.6) is 0 Å². The lowest BCUT2D eigenvalue weighted by Crippen LogP contribution is -2.34. The first-order valence-corrected chi connectivity index (χ1v) is 10.0. The summed E-state index contributed by atoms with van der Waals surface area (Å²) in [6, 6.07) is 12.6. The molecule has 134 valence electrons. The molecule has 1 aliphatic carbocycles. The molecule has 1 aromatic heterocycles. The van der Waals surface area contributed by atoms with Crippen LogP contribution in [0, 0.1) is 0 Å². The molecule has 1 heterocycles. The van der Waals surface area contributed by atoms with Gasteiger partial charge in [-0.15, -0.1) is 11.3 Å². The predicted molar refractivity (Wildman–Crippen MR) is 104 cm³/mol. The second-order valence-electron chi connectivity index (χ2n) is 6.64. The molecule has 0 aliphatic heterocycles. The van der Waals surface area contributed by atoms with E-state index in [1.807, 2.05) is 11.0 Å². The molecular formula is C21H27NO2S. The van der Waals surface area contributed by atoms with Crippen molar-refractivity contribution < 1.29 is 9.53 Å². The lowest BCUT2D eigenvalue weighted by atomic mass is 9.99. The van der Waals surface area contributed by atoms with Crippen molar-refractivity contribution in [3.63, 3.8) is 0 Å². The quantitative estimate of drug-likeness (QED) is 0.703. The molecular weight excluding hydrogens is 330 g/mol. The maximum atomic E-state index is 13.0. The third kappa shape index (κ3) is 4.93. The molecule has 0 atom stereocenters. The molecule has 3 rings (SSSR count). The van der Waals surface area contributed by atoms with Crippen LogP contribution in [-0.4, -0.2) is 37.6 Å². The van der Waals surface area contributed by atoms with Crippen LogP contribution < -0.4 is 0 Å². The standard InChI is InChI=1S/C21H27NO2S/c1-24-15-14-22(13-7-10-17-8-3-2-4-9-17)21(23)20-16-18-11-5-6-12-19(18)25-20/h2-4,8-9,16H,5-7,10-15H2,1H3. The van der Waals surface area contributed by atoms with E-state index < -0.39 is 0 Å². The zero-order valence-electron chi connectivity index (χ0n) is 15.0. The summed E-state index contributed by atoms with van der Waals surface area (Å²) in [7, 11) is 1.69. The van der Waals surface area contributed by atoms with Gasteiger partial charge in [0.2, 0.25) is 0 Å². The van der Waals surface area contributed by atoms with Gasteiger partial charge in [-0.1, -0.05) is 30.3 Å². The second-order valence-corrected chi connectivity index (χ2v) is 7.78. The van der Waals surface area contributed by atoms with Gasteiger partial charge in [-0.25, -0.2) is 0 Å². The number of carbonyl (C=O) groups is 1. The largest absolute Gasteiger partial charge is 0.383 e. The first-order valence-electron chi connectivity index (χ1n) is 9.21. The van der Waals surface area contributed by atoms with Crippen molar-refractivity contribution in [2.45, 2.75) is 38.5 Å². The number of nitrogens with zero attached hydrogens (tertiary/aromatic N) is 1. The molecule has 1 aromatic carbocycles. The molecule has 0 fully saturated rings. The van der Waals surface area contributed by atoms with Crippen LogP contribution in [0.4, 0.5) is 0 Å². The fourth-order valence-electron chi connectivity index (χ4n) is 3.39. The van der Waals surface area contributed by atoms with Crippen molar-refractivity contribution in [1.29, 1.82) is 0 Å². The third-order valence-corrected chi connectivity index (χ3v) is 6.02. The molecule has 0 spiro atoms. The summed E-state index contributed by atoms with van der Waals surface area (Å²) in [4.78, 5) is 17.3. The van der Waals surface area contributed by atoms with Crippen molar-refractivity contribution in [2.75, 3.05) is 26.8 Å². The maximum absolute atomic E-state index is 13.0. The van der Waals surface area contributed by atoms with E-state index >= 15 is 0 Å². The Balaban J connectivity index is 1.62. The van der Waals surface area contributed by atoms with Crippen LogP contribution >= 0.6 is 11.3 Å². The Morgan fingerprint density at radius 2 is 1.96 bits per heavy atom. The highest BCUT2D eigenvalue weighted by Gasteiger charge is 2.21. The molecule has 3 nitrogen and oxygen atoms in total. The fraction of sp³-hybridized carbons (Fsp3) is 0.476. The minimum absolute atomic E-state index is 0.171. The van der Waals surface area contributed by atoms with Crippen LogP contribution in [-0.2, 0) is 24.0 Å². The Hall–Kier alpha value is -1.65. The maximum Gasteiger partial charge on any atom is 0.264 e. The fourth-order valence-corrected chi connectivity index (χ4v) is 4.61. The number of rotatable bonds is 8. The van der Waals surface area contributed by atoms with Crippen molar-refractivity contribution in [3.05, 3.63) is 57.3 Å². The smallest absolute Gasteiger partial charge is 0.264 e. The first-order chi connectivity index (χ1) is 12.3. The first kappa shape index (κ1) is 18.2. The van der Waals surface area contributed by atoms with Gasteiger partial charge in [0, 0.05) is 25.1 Å². The normalized spacial score (nSPS) is 13.5. The van der Waals surface area contributed by atoms with E-state index in [0.29, 0.717) is 13.2 Å². The molecule has 0 N–H and O–H groups in total. The molecule has 25 heavy (non-hydrogen) atoms. The van der Waals surface area contributed by atoms with Crippen LogP contribution in [0.2, 0.25) is 0 Å². The monoisotopic (exact) mass is 357 g/mol. The van der Waals surface area contributed by atoms with E-state index in [-0.39, 0.29) is 5.91 Å². The summed E-state index contributed by atoms with van der Waals surface area (Å²) in [5, 5.41) is 0. The molecule has 4 heteroatoms. The number of hydrogen-bond donors (Lipinski definition) is 0. The van der Waals surface area contributed by atoms with E-state index in [1.54, 1.807) is 18.4 Å². The van der Waals surface area contributed by atoms with Gasteiger partial charge < -0.3 is 9.64 Å². The van der Waals surface area contributed by atoms with Crippen molar-refractivity contribution in [2.24, 2.45) is 0 Å². The average Bonchev–Trinajstić information content (AvgIpc) is 3.09. The van der Waals surface area contributed by atoms with Crippen molar-refractivity contribution in [3.8, 4) is 0 Å². The Kier molecular flexibility index (Phi) is 6.65. The molecule has 0 bridgehead atoms. The minimum Gasteiger partial charge on any atom is -0.383 e. The Labute approximate surface area is 154 Å². The number of amides is 1. The van der Waals surface area contributed by atoms with Crippen LogP contribution in [0.3, 0.4) is 0 Å². The van der Waals surface area contributed by atoms with Gasteiger partial charge in [0.05, 0.1) is 11.5 Å². The summed E-state index contributed by atoms with van der Waals surface area (Å²) in [6.07, 6.45) is 6.75. The van der Waals surface area contributed by atoms with Gasteiger partial charge in [0.25, 0.3) is 5.91 Å². The van der Waals surface area contributed by atoms with Crippen LogP contribution in [0.1, 0.15) is 44.9 Å². The van der Waals surface area contributed by atoms with Crippen LogP contribution in [0.25, 0.3) is 0 Å². The van der Waals surface area contributed by atoms with E-state index in [9.17, 15) is 4.79 Å². The molecule has 0 saturated carbocycles. The van der Waals surface area contributed by atoms with Crippen LogP contribution in [0.15, 0.2) is 36.4 Å². The summed E-state index contributed by atoms with van der Waals surface area (Å²) in [6.45, 7) is 2.02. The van der Waals surface area contributed by atoms with E-state index in [0.717, 1.165) is 37.1 Å². The highest BCUT2D eigenvalue weighted by Crippen LogP contribution is 2.30. The van der Waals surface area contributed by atoms with Gasteiger partial charge >= 0.3 is 0 Å². The molecule has 1 amide bonds. The molecule has 2 aromatic rings. The third-order valence-electron chi connectivity index (χ3n) is 4.80. The Morgan fingerprint density at radius 1 is 1.16 bits per heavy atom. The lowest BCUT2D eigenvalue weighted by molar-refractivity contribution is 0.0698. The number of fused-ring (bicyclic) bond motifs is 1. The number of methoxy groups -OCH3 is 1. The van der Waals surface area contributed by atoms with Gasteiger partial charge in [-0.2, -0.15) is 0 Å². The summed E-state index contributed by atoms with van der Waals surface area (Å²) in [5.74, 6) is 0.171. The minimum atomic E-state index is 0.171. The van der Waals surface area contributed by atoms with Crippen molar-refractivity contribution >= 4 is 17.2 Å². The highest BCUT2D eigenvalue weighted by molar-refractivity contribution is 7.14. The Morgan fingerprint density at radius 3 is 2.72 bits per heavy atom. The van der Waals surface area contributed by atoms with Gasteiger partial charge in [0.15, 0.2) is 0 Å². The molecule has 0 saturated heterocycles. The van der Waals surface area contributed by atoms with E-state index in [4.69, 9.17) is 4.74 Å². The summed E-state index contributed by atoms with van der Waals surface area (Å²) < 4.78 is 5.21. The number of thiophene rings is 1. The number of aryl methyl sites for hydroxylation is 3. The number of hydrogen-bond acceptors (Lipinski definition) is 3. The molecule has 0 radical (unpaired) electrons. The highest BCUT2D eigenvalue weighted by atomic mass is 32.1. The average molecular weight is 358 g/mol. The summed E-state index contributed by atoms with van der Waals surface area (Å²) in [5.41, 5.74) is 2.73. The molecule has 1 aliphatic rings. The zero-order valence-corrected chi connectivity index (χ0v) is 15.8. The predicted octanol–water partition coefficient (Wildman–Crippen LogP) is 4.35. The van der Waals surface area contributed by atoms with Crippen molar-refractivity contribution in [1.82, 2.24) is 4.90 Å². The zero-order chi connectivity index (χ0) is 17.5. The van der Waals surface area contributed by atoms with Gasteiger partial charge in [0.1, 0.15) is 0 Å². The number of benzene rings is 1. The van der Waals surface area contributed by atoms with E-state index in [2.05, 4.69) is 30.3 Å². The summed E-state index contributed by atoms with van der Waals surface area (Å²) >= 11 is 1.70. The topological polar surface area (TPSA) is 29.5 Å². The molecule has 0 unspecified atom stereocenters. The Bertz CT molecular complexity index is 657. The second kappa shape index (κ2) is 9.16. The SMILES string of the molecule is COCCN(CCCc1ccccc1)C(=O)c1cc2c(s1)CCCC2. The van der Waals surface area contributed by atoms with Gasteiger partial charge in [-0.05, 0) is 55.7 Å². The van der Waals surface area contributed by atoms with Gasteiger partial charge in [-0.3, -0.25) is 4.79 Å². The van der Waals surface area contributed by atoms with E-state index in [1.165, 1.54) is 28.8 Å².